The van der Waals surface area contributed by atoms with Gasteiger partial charge in [0.25, 0.3) is 11.7 Å². The topological polar surface area (TPSA) is 50.8 Å². The third kappa shape index (κ3) is 2.21. The normalized spacial score (nSPS) is 19.9. The zero-order valence-corrected chi connectivity index (χ0v) is 12.6. The first-order valence-electron chi connectivity index (χ1n) is 7.65. The van der Waals surface area contributed by atoms with Crippen LogP contribution in [0, 0.1) is 0 Å². The summed E-state index contributed by atoms with van der Waals surface area (Å²) in [6.45, 7) is 3.93. The molecule has 1 amide bonds. The van der Waals surface area contributed by atoms with Gasteiger partial charge in [-0.05, 0) is 31.0 Å². The number of rotatable bonds is 4. The van der Waals surface area contributed by atoms with Crippen LogP contribution in [0.4, 0.5) is 11.4 Å². The molecule has 0 aromatic heterocycles. The van der Waals surface area contributed by atoms with E-state index < -0.39 is 5.79 Å². The van der Waals surface area contributed by atoms with Crippen molar-refractivity contribution in [3.63, 3.8) is 0 Å². The Morgan fingerprint density at radius 3 is 2.76 bits per heavy atom. The summed E-state index contributed by atoms with van der Waals surface area (Å²) in [4.78, 5) is 14.7. The van der Waals surface area contributed by atoms with Gasteiger partial charge in [0.15, 0.2) is 0 Å². The quantitative estimate of drug-likeness (QED) is 0.925. The zero-order valence-electron chi connectivity index (χ0n) is 12.6. The number of carbonyl (C=O) groups is 1. The first-order valence-corrected chi connectivity index (χ1v) is 7.65. The van der Waals surface area contributed by atoms with Crippen LogP contribution in [0.15, 0.2) is 18.2 Å². The Morgan fingerprint density at radius 2 is 2.10 bits per heavy atom. The van der Waals surface area contributed by atoms with Crippen LogP contribution in [0.3, 0.4) is 0 Å². The molecule has 0 unspecified atom stereocenters. The minimum atomic E-state index is -1.23. The lowest BCUT2D eigenvalue weighted by molar-refractivity contribution is -0.256. The minimum absolute atomic E-state index is 0.0843. The number of nitrogens with zero attached hydrogens (tertiary/aromatic N) is 1. The van der Waals surface area contributed by atoms with Crippen LogP contribution in [-0.4, -0.2) is 32.7 Å². The molecule has 1 aromatic carbocycles. The van der Waals surface area contributed by atoms with Gasteiger partial charge in [-0.25, -0.2) is 0 Å². The molecule has 0 atom stereocenters. The predicted molar refractivity (Wildman–Crippen MR) is 81.4 cm³/mol. The maximum Gasteiger partial charge on any atom is 0.292 e. The lowest BCUT2D eigenvalue weighted by Crippen LogP contribution is -2.47. The molecule has 3 rings (SSSR count). The summed E-state index contributed by atoms with van der Waals surface area (Å²) in [6, 6.07) is 5.92. The Morgan fingerprint density at radius 1 is 1.33 bits per heavy atom. The number of fused-ring (bicyclic) bond motifs is 2. The number of hydrogen-bond donors (Lipinski definition) is 1. The highest BCUT2D eigenvalue weighted by Crippen LogP contribution is 2.46. The van der Waals surface area contributed by atoms with E-state index in [1.165, 1.54) is 0 Å². The second-order valence-corrected chi connectivity index (χ2v) is 5.46. The number of anilines is 2. The largest absolute Gasteiger partial charge is 0.388 e. The number of carbonyl (C=O) groups excluding carboxylic acids is 1. The molecule has 1 fully saturated rings. The number of unbranched alkanes of at least 4 members (excludes halogenated alkanes) is 1. The molecular weight excluding hydrogens is 268 g/mol. The molecule has 0 radical (unpaired) electrons. The van der Waals surface area contributed by atoms with Gasteiger partial charge in [-0.2, -0.15) is 0 Å². The Kier molecular flexibility index (Phi) is 3.87. The second kappa shape index (κ2) is 5.66. The van der Waals surface area contributed by atoms with Gasteiger partial charge in [-0.3, -0.25) is 4.79 Å². The van der Waals surface area contributed by atoms with E-state index in [1.807, 2.05) is 30.1 Å². The van der Waals surface area contributed by atoms with Crippen molar-refractivity contribution in [2.24, 2.45) is 0 Å². The summed E-state index contributed by atoms with van der Waals surface area (Å²) in [7, 11) is 1.86. The molecule has 2 aliphatic rings. The number of hydrogen-bond acceptors (Lipinski definition) is 4. The molecule has 1 aromatic rings. The van der Waals surface area contributed by atoms with Crippen molar-refractivity contribution in [2.45, 2.75) is 32.0 Å². The highest BCUT2D eigenvalue weighted by atomic mass is 16.7. The van der Waals surface area contributed by atoms with Crippen molar-refractivity contribution in [3.8, 4) is 0 Å². The van der Waals surface area contributed by atoms with E-state index in [4.69, 9.17) is 9.47 Å². The van der Waals surface area contributed by atoms with Gasteiger partial charge >= 0.3 is 0 Å². The monoisotopic (exact) mass is 290 g/mol. The highest BCUT2D eigenvalue weighted by molar-refractivity contribution is 6.06. The summed E-state index contributed by atoms with van der Waals surface area (Å²) in [5.41, 5.74) is 2.69. The van der Waals surface area contributed by atoms with Gasteiger partial charge < -0.3 is 19.7 Å². The van der Waals surface area contributed by atoms with Crippen LogP contribution < -0.4 is 10.2 Å². The van der Waals surface area contributed by atoms with Crippen molar-refractivity contribution >= 4 is 17.3 Å². The van der Waals surface area contributed by atoms with E-state index in [-0.39, 0.29) is 5.91 Å². The fourth-order valence-corrected chi connectivity index (χ4v) is 2.94. The van der Waals surface area contributed by atoms with Crippen molar-refractivity contribution < 1.29 is 14.3 Å². The number of nitrogens with one attached hydrogen (secondary N) is 1. The Balaban J connectivity index is 2.05. The molecule has 1 N–H and O–H groups in total. The van der Waals surface area contributed by atoms with Crippen molar-refractivity contribution in [1.82, 2.24) is 0 Å². The summed E-state index contributed by atoms with van der Waals surface area (Å²) >= 11 is 0. The van der Waals surface area contributed by atoms with Gasteiger partial charge in [-0.15, -0.1) is 0 Å². The molecular formula is C16H22N2O3. The van der Waals surface area contributed by atoms with Crippen molar-refractivity contribution in [2.75, 3.05) is 37.0 Å². The van der Waals surface area contributed by atoms with Crippen LogP contribution in [0.2, 0.25) is 0 Å². The fraction of sp³-hybridized carbons (Fsp3) is 0.562. The molecule has 1 saturated heterocycles. The highest BCUT2D eigenvalue weighted by Gasteiger charge is 2.54. The maximum absolute atomic E-state index is 12.9. The lowest BCUT2D eigenvalue weighted by Gasteiger charge is -2.32. The molecule has 0 saturated carbocycles. The molecule has 0 bridgehead atoms. The Hall–Kier alpha value is -1.59. The molecule has 1 spiro atoms. The van der Waals surface area contributed by atoms with Gasteiger partial charge in [-0.1, -0.05) is 13.3 Å². The molecule has 5 nitrogen and oxygen atoms in total. The van der Waals surface area contributed by atoms with E-state index in [1.54, 1.807) is 0 Å². The van der Waals surface area contributed by atoms with Crippen molar-refractivity contribution in [1.29, 1.82) is 0 Å². The van der Waals surface area contributed by atoms with Gasteiger partial charge in [0.2, 0.25) is 0 Å². The molecule has 5 heteroatoms. The van der Waals surface area contributed by atoms with Crippen LogP contribution >= 0.6 is 0 Å². The summed E-state index contributed by atoms with van der Waals surface area (Å²) < 4.78 is 11.7. The molecule has 21 heavy (non-hydrogen) atoms. The minimum Gasteiger partial charge on any atom is -0.388 e. The summed E-state index contributed by atoms with van der Waals surface area (Å²) in [6.07, 6.45) is 2.84. The van der Waals surface area contributed by atoms with Crippen LogP contribution in [0.1, 0.15) is 31.7 Å². The first kappa shape index (κ1) is 14.4. The third-order valence-corrected chi connectivity index (χ3v) is 4.09. The summed E-state index contributed by atoms with van der Waals surface area (Å²) in [5.74, 6) is -1.31. The Bertz CT molecular complexity index is 538. The molecule has 114 valence electrons. The van der Waals surface area contributed by atoms with E-state index in [9.17, 15) is 4.79 Å². The van der Waals surface area contributed by atoms with E-state index in [0.29, 0.717) is 19.8 Å². The van der Waals surface area contributed by atoms with Crippen LogP contribution in [-0.2, 0) is 20.1 Å². The number of ether oxygens (including phenoxy) is 2. The Labute approximate surface area is 125 Å². The van der Waals surface area contributed by atoms with Gasteiger partial charge in [0.05, 0.1) is 18.9 Å². The van der Waals surface area contributed by atoms with E-state index >= 15 is 0 Å². The SMILES string of the molecule is CCCCN1C(=O)C2(OCCCO2)c2cc(NC)ccc21. The van der Waals surface area contributed by atoms with Gasteiger partial charge in [0.1, 0.15) is 0 Å². The predicted octanol–water partition coefficient (Wildman–Crippen LogP) is 2.46. The lowest BCUT2D eigenvalue weighted by atomic mass is 10.1. The van der Waals surface area contributed by atoms with E-state index in [2.05, 4.69) is 12.2 Å². The summed E-state index contributed by atoms with van der Waals surface area (Å²) in [5, 5.41) is 3.11. The van der Waals surface area contributed by atoms with Crippen molar-refractivity contribution in [3.05, 3.63) is 23.8 Å². The second-order valence-electron chi connectivity index (χ2n) is 5.46. The van der Waals surface area contributed by atoms with Crippen LogP contribution in [0.5, 0.6) is 0 Å². The average Bonchev–Trinajstić information content (AvgIpc) is 2.75. The van der Waals surface area contributed by atoms with E-state index in [0.717, 1.165) is 36.2 Å². The average molecular weight is 290 g/mol. The third-order valence-electron chi connectivity index (χ3n) is 4.09. The molecule has 0 aliphatic carbocycles. The molecule has 2 aliphatic heterocycles. The fourth-order valence-electron chi connectivity index (χ4n) is 2.94. The smallest absolute Gasteiger partial charge is 0.292 e. The number of amides is 1. The van der Waals surface area contributed by atoms with Gasteiger partial charge in [0, 0.05) is 24.8 Å². The zero-order chi connectivity index (χ0) is 14.9. The maximum atomic E-state index is 12.9. The van der Waals surface area contributed by atoms with Crippen LogP contribution in [0.25, 0.3) is 0 Å². The standard InChI is InChI=1S/C16H22N2O3/c1-3-4-8-18-14-7-6-12(17-2)11-13(14)16(15(18)19)20-9-5-10-21-16/h6-7,11,17H,3-5,8-10H2,1-2H3. The molecule has 2 heterocycles. The first-order chi connectivity index (χ1) is 10.2. The number of benzene rings is 1.